The van der Waals surface area contributed by atoms with Crippen LogP contribution in [0, 0.1) is 6.92 Å². The normalized spacial score (nSPS) is 17.7. The van der Waals surface area contributed by atoms with E-state index in [4.69, 9.17) is 32.7 Å². The molecule has 3 N–H and O–H groups in total. The third kappa shape index (κ3) is 4.52. The molecule has 0 bridgehead atoms. The van der Waals surface area contributed by atoms with Crippen LogP contribution in [-0.2, 0) is 9.53 Å². The van der Waals surface area contributed by atoms with Crippen LogP contribution in [0.25, 0.3) is 22.2 Å². The highest BCUT2D eigenvalue weighted by atomic mass is 35.5. The predicted molar refractivity (Wildman–Crippen MR) is 127 cm³/mol. The van der Waals surface area contributed by atoms with Crippen LogP contribution >= 0.6 is 23.2 Å². The molecule has 4 rings (SSSR count). The predicted octanol–water partition coefficient (Wildman–Crippen LogP) is 3.09. The van der Waals surface area contributed by atoms with Gasteiger partial charge in [0.05, 0.1) is 48.0 Å². The number of aryl methyl sites for hydroxylation is 1. The zero-order chi connectivity index (χ0) is 23.7. The number of benzene rings is 1. The molecule has 1 aromatic carbocycles. The summed E-state index contributed by atoms with van der Waals surface area (Å²) in [4.78, 5) is 36.1. The quantitative estimate of drug-likeness (QED) is 0.455. The van der Waals surface area contributed by atoms with E-state index >= 15 is 0 Å². The molecule has 0 saturated carbocycles. The molecule has 0 spiro atoms. The lowest BCUT2D eigenvalue weighted by Crippen LogP contribution is -2.45. The Hall–Kier alpha value is -3.14. The minimum atomic E-state index is -0.413. The Morgan fingerprint density at radius 2 is 2.06 bits per heavy atom. The molecule has 2 aromatic heterocycles. The van der Waals surface area contributed by atoms with Crippen LogP contribution in [0.2, 0.25) is 10.0 Å². The Labute approximate surface area is 199 Å². The number of carbonyl (C=O) groups excluding carboxylic acids is 1. The number of hydrogen-bond donors (Lipinski definition) is 3. The van der Waals surface area contributed by atoms with Crippen LogP contribution in [0.5, 0.6) is 5.75 Å². The van der Waals surface area contributed by atoms with Crippen molar-refractivity contribution >= 4 is 46.1 Å². The molecule has 172 valence electrons. The standard InChI is InChI=1S/C22H21Cl2N5O4/c1-4-16(30)26-13-8-33-9-14(13)27-22-25-7-11-6-12(21(31)28-20(11)29-22)17-18(23)10(2)5-15(32-3)19(17)24/h4-7,13-14H,1,8-9H2,2-3H3,(H,26,30)(H2,25,27,28,29,31)/t13-,14?/m0/s1. The van der Waals surface area contributed by atoms with Crippen LogP contribution in [0.3, 0.4) is 0 Å². The molecule has 1 aliphatic heterocycles. The van der Waals surface area contributed by atoms with E-state index in [2.05, 4.69) is 32.2 Å². The molecule has 0 aliphatic carbocycles. The van der Waals surface area contributed by atoms with E-state index in [1.165, 1.54) is 13.2 Å². The molecule has 11 heteroatoms. The molecule has 1 unspecified atom stereocenters. The second kappa shape index (κ2) is 9.38. The fourth-order valence-corrected chi connectivity index (χ4v) is 4.25. The largest absolute Gasteiger partial charge is 0.495 e. The summed E-state index contributed by atoms with van der Waals surface area (Å²) in [6.45, 7) is 5.98. The Morgan fingerprint density at radius 1 is 1.30 bits per heavy atom. The average Bonchev–Trinajstić information content (AvgIpc) is 3.22. The van der Waals surface area contributed by atoms with Crippen molar-refractivity contribution in [2.75, 3.05) is 25.6 Å². The number of aromatic amines is 1. The van der Waals surface area contributed by atoms with Crippen molar-refractivity contribution in [3.63, 3.8) is 0 Å². The first-order valence-electron chi connectivity index (χ1n) is 10.0. The van der Waals surface area contributed by atoms with Gasteiger partial charge in [-0.1, -0.05) is 29.8 Å². The number of H-pyrrole nitrogens is 1. The SMILES string of the molecule is C=CC(=O)N[C@H]1COCC1Nc1ncc2cc(-c3c(Cl)c(C)cc(OC)c3Cl)c(=O)[nH]c2n1. The molecule has 3 aromatic rings. The molecule has 3 heterocycles. The van der Waals surface area contributed by atoms with Gasteiger partial charge in [0.1, 0.15) is 11.4 Å². The fourth-order valence-electron chi connectivity index (χ4n) is 3.62. The number of anilines is 1. The van der Waals surface area contributed by atoms with E-state index in [-0.39, 0.29) is 34.5 Å². The molecule has 0 radical (unpaired) electrons. The van der Waals surface area contributed by atoms with Gasteiger partial charge in [-0.25, -0.2) is 4.98 Å². The van der Waals surface area contributed by atoms with Gasteiger partial charge in [0.25, 0.3) is 5.56 Å². The van der Waals surface area contributed by atoms with Crippen LogP contribution in [0.15, 0.2) is 35.8 Å². The number of carbonyl (C=O) groups is 1. The molecule has 1 saturated heterocycles. The van der Waals surface area contributed by atoms with Crippen molar-refractivity contribution in [3.8, 4) is 16.9 Å². The first-order chi connectivity index (χ1) is 15.8. The molecule has 33 heavy (non-hydrogen) atoms. The number of ether oxygens (including phenoxy) is 2. The van der Waals surface area contributed by atoms with E-state index in [0.717, 1.165) is 5.56 Å². The maximum atomic E-state index is 12.9. The van der Waals surface area contributed by atoms with Crippen LogP contribution in [0.1, 0.15) is 5.56 Å². The van der Waals surface area contributed by atoms with Crippen LogP contribution in [-0.4, -0.2) is 53.3 Å². The summed E-state index contributed by atoms with van der Waals surface area (Å²) in [6, 6.07) is 2.84. The lowest BCUT2D eigenvalue weighted by molar-refractivity contribution is -0.117. The van der Waals surface area contributed by atoms with Gasteiger partial charge < -0.3 is 25.1 Å². The number of nitrogens with one attached hydrogen (secondary N) is 3. The number of hydrogen-bond acceptors (Lipinski definition) is 7. The van der Waals surface area contributed by atoms with Gasteiger partial charge in [-0.3, -0.25) is 9.59 Å². The second-order valence-corrected chi connectivity index (χ2v) is 8.27. The summed E-state index contributed by atoms with van der Waals surface area (Å²) in [5.41, 5.74) is 1.30. The number of halogens is 2. The Bertz CT molecular complexity index is 1310. The highest BCUT2D eigenvalue weighted by Crippen LogP contribution is 2.41. The zero-order valence-electron chi connectivity index (χ0n) is 17.9. The van der Waals surface area contributed by atoms with E-state index < -0.39 is 5.56 Å². The van der Waals surface area contributed by atoms with Gasteiger partial charge in [0, 0.05) is 17.1 Å². The second-order valence-electron chi connectivity index (χ2n) is 7.52. The van der Waals surface area contributed by atoms with Crippen molar-refractivity contribution < 1.29 is 14.3 Å². The zero-order valence-corrected chi connectivity index (χ0v) is 19.4. The van der Waals surface area contributed by atoms with Gasteiger partial charge in [-0.2, -0.15) is 4.98 Å². The van der Waals surface area contributed by atoms with E-state index in [0.29, 0.717) is 40.6 Å². The van der Waals surface area contributed by atoms with Gasteiger partial charge in [-0.15, -0.1) is 0 Å². The van der Waals surface area contributed by atoms with Gasteiger partial charge in [0.2, 0.25) is 11.9 Å². The Balaban J connectivity index is 1.68. The number of nitrogens with zero attached hydrogens (tertiary/aromatic N) is 2. The number of rotatable bonds is 6. The van der Waals surface area contributed by atoms with Crippen LogP contribution < -0.4 is 20.9 Å². The summed E-state index contributed by atoms with van der Waals surface area (Å²) in [5.74, 6) is 0.409. The fraction of sp³-hybridized carbons (Fsp3) is 0.273. The number of pyridine rings is 1. The third-order valence-electron chi connectivity index (χ3n) is 5.34. The molecule has 1 fully saturated rings. The van der Waals surface area contributed by atoms with Crippen molar-refractivity contribution in [1.82, 2.24) is 20.3 Å². The molecular formula is C22H21Cl2N5O4. The van der Waals surface area contributed by atoms with E-state index in [9.17, 15) is 9.59 Å². The number of aromatic nitrogens is 3. The van der Waals surface area contributed by atoms with Gasteiger partial charge in [0.15, 0.2) is 0 Å². The summed E-state index contributed by atoms with van der Waals surface area (Å²) in [5, 5.41) is 7.13. The first kappa shape index (κ1) is 23.0. The van der Waals surface area contributed by atoms with Crippen molar-refractivity contribution in [3.05, 3.63) is 56.9 Å². The highest BCUT2D eigenvalue weighted by molar-refractivity contribution is 6.40. The molecular weight excluding hydrogens is 469 g/mol. The minimum Gasteiger partial charge on any atom is -0.495 e. The summed E-state index contributed by atoms with van der Waals surface area (Å²) < 4.78 is 10.8. The first-order valence-corrected chi connectivity index (χ1v) is 10.8. The third-order valence-corrected chi connectivity index (χ3v) is 6.20. The van der Waals surface area contributed by atoms with E-state index in [1.54, 1.807) is 25.3 Å². The molecule has 1 amide bonds. The lowest BCUT2D eigenvalue weighted by Gasteiger charge is -2.19. The minimum absolute atomic E-state index is 0.241. The van der Waals surface area contributed by atoms with Gasteiger partial charge in [-0.05, 0) is 30.7 Å². The maximum absolute atomic E-state index is 12.9. The van der Waals surface area contributed by atoms with Crippen molar-refractivity contribution in [1.29, 1.82) is 0 Å². The summed E-state index contributed by atoms with van der Waals surface area (Å²) in [6.07, 6.45) is 2.78. The van der Waals surface area contributed by atoms with E-state index in [1.807, 2.05) is 0 Å². The molecule has 1 aliphatic rings. The monoisotopic (exact) mass is 489 g/mol. The average molecular weight is 490 g/mol. The lowest BCUT2D eigenvalue weighted by atomic mass is 10.0. The summed E-state index contributed by atoms with van der Waals surface area (Å²) >= 11 is 13.0. The van der Waals surface area contributed by atoms with Crippen molar-refractivity contribution in [2.45, 2.75) is 19.0 Å². The topological polar surface area (TPSA) is 118 Å². The Kier molecular flexibility index (Phi) is 6.55. The Morgan fingerprint density at radius 3 is 2.79 bits per heavy atom. The number of methoxy groups -OCH3 is 1. The number of fused-ring (bicyclic) bond motifs is 1. The van der Waals surface area contributed by atoms with Crippen LogP contribution in [0.4, 0.5) is 5.95 Å². The van der Waals surface area contributed by atoms with Crippen molar-refractivity contribution in [2.24, 2.45) is 0 Å². The maximum Gasteiger partial charge on any atom is 0.257 e. The molecule has 9 nitrogen and oxygen atoms in total. The smallest absolute Gasteiger partial charge is 0.257 e. The molecule has 2 atom stereocenters. The number of amides is 1. The van der Waals surface area contributed by atoms with Gasteiger partial charge >= 0.3 is 0 Å². The summed E-state index contributed by atoms with van der Waals surface area (Å²) in [7, 11) is 1.49. The highest BCUT2D eigenvalue weighted by Gasteiger charge is 2.29.